The Kier molecular flexibility index (Phi) is 7.16. The van der Waals surface area contributed by atoms with E-state index in [9.17, 15) is 4.79 Å². The highest BCUT2D eigenvalue weighted by molar-refractivity contribution is 5.95. The second kappa shape index (κ2) is 11.0. The molecule has 4 heterocycles. The minimum atomic E-state index is -0.169. The molecule has 1 aliphatic carbocycles. The second-order valence-electron chi connectivity index (χ2n) is 10.5. The summed E-state index contributed by atoms with van der Waals surface area (Å²) in [6.45, 7) is 8.28. The van der Waals surface area contributed by atoms with Crippen LogP contribution in [0, 0.1) is 0 Å². The molecule has 2 N–H and O–H groups in total. The first-order valence-corrected chi connectivity index (χ1v) is 13.8. The first-order chi connectivity index (χ1) is 18.7. The zero-order valence-electron chi connectivity index (χ0n) is 21.9. The van der Waals surface area contributed by atoms with Gasteiger partial charge >= 0.3 is 0 Å². The molecule has 0 radical (unpaired) electrons. The summed E-state index contributed by atoms with van der Waals surface area (Å²) < 4.78 is 0. The third kappa shape index (κ3) is 5.19. The topological polar surface area (TPSA) is 90.0 Å². The van der Waals surface area contributed by atoms with Crippen LogP contribution in [-0.2, 0) is 0 Å². The molecule has 38 heavy (non-hydrogen) atoms. The zero-order valence-corrected chi connectivity index (χ0v) is 21.9. The summed E-state index contributed by atoms with van der Waals surface area (Å²) in [6, 6.07) is 13.2. The average Bonchev–Trinajstić information content (AvgIpc) is 2.98. The lowest BCUT2D eigenvalue weighted by Crippen LogP contribution is -2.50. The van der Waals surface area contributed by atoms with Crippen LogP contribution in [0.25, 0.3) is 22.0 Å². The number of pyridine rings is 2. The monoisotopic (exact) mass is 509 g/mol. The van der Waals surface area contributed by atoms with Gasteiger partial charge in [0.2, 0.25) is 0 Å². The zero-order chi connectivity index (χ0) is 25.9. The summed E-state index contributed by atoms with van der Waals surface area (Å²) in [5, 5.41) is 4.76. The van der Waals surface area contributed by atoms with Gasteiger partial charge in [-0.1, -0.05) is 19.1 Å². The van der Waals surface area contributed by atoms with E-state index in [0.29, 0.717) is 17.1 Å². The van der Waals surface area contributed by atoms with Crippen molar-refractivity contribution in [2.24, 2.45) is 0 Å². The average molecular weight is 510 g/mol. The lowest BCUT2D eigenvalue weighted by atomic mass is 9.81. The van der Waals surface area contributed by atoms with Crippen molar-refractivity contribution in [2.45, 2.75) is 44.6 Å². The van der Waals surface area contributed by atoms with Crippen LogP contribution in [-0.4, -0.2) is 68.5 Å². The van der Waals surface area contributed by atoms with Gasteiger partial charge in [0.1, 0.15) is 12.1 Å². The van der Waals surface area contributed by atoms with Crippen molar-refractivity contribution in [3.8, 4) is 11.3 Å². The quantitative estimate of drug-likeness (QED) is 0.386. The van der Waals surface area contributed by atoms with Gasteiger partial charge in [0.15, 0.2) is 0 Å². The number of fused-ring (bicyclic) bond motifs is 1. The van der Waals surface area contributed by atoms with Gasteiger partial charge in [-0.15, -0.1) is 0 Å². The van der Waals surface area contributed by atoms with Crippen LogP contribution in [0.2, 0.25) is 0 Å². The summed E-state index contributed by atoms with van der Waals surface area (Å²) in [4.78, 5) is 33.8. The highest BCUT2D eigenvalue weighted by Crippen LogP contribution is 2.36. The molecular weight excluding hydrogens is 474 g/mol. The summed E-state index contributed by atoms with van der Waals surface area (Å²) in [5.41, 5.74) is 3.66. The van der Waals surface area contributed by atoms with Crippen molar-refractivity contribution in [1.29, 1.82) is 0 Å². The van der Waals surface area contributed by atoms with Gasteiger partial charge in [-0.25, -0.2) is 15.0 Å². The van der Waals surface area contributed by atoms with Crippen molar-refractivity contribution in [2.75, 3.05) is 38.0 Å². The minimum absolute atomic E-state index is 0.169. The molecule has 0 unspecified atom stereocenters. The van der Waals surface area contributed by atoms with Crippen molar-refractivity contribution in [3.63, 3.8) is 0 Å². The number of nitrogens with one attached hydrogen (secondary N) is 2. The molecule has 8 nitrogen and oxygen atoms in total. The van der Waals surface area contributed by atoms with Gasteiger partial charge in [-0.3, -0.25) is 9.69 Å². The predicted octanol–water partition coefficient (Wildman–Crippen LogP) is 4.79. The predicted molar refractivity (Wildman–Crippen MR) is 152 cm³/mol. The summed E-state index contributed by atoms with van der Waals surface area (Å²) in [7, 11) is 0. The first kappa shape index (κ1) is 24.7. The van der Waals surface area contributed by atoms with E-state index in [1.165, 1.54) is 70.3 Å². The summed E-state index contributed by atoms with van der Waals surface area (Å²) >= 11 is 0. The number of nitrogens with zero attached hydrogens (tertiary/aromatic N) is 5. The maximum absolute atomic E-state index is 12.7. The Bertz CT molecular complexity index is 1420. The van der Waals surface area contributed by atoms with E-state index >= 15 is 0 Å². The van der Waals surface area contributed by atoms with Crippen LogP contribution in [0.5, 0.6) is 0 Å². The fraction of sp³-hybridized carbons (Fsp3) is 0.400. The van der Waals surface area contributed by atoms with Crippen molar-refractivity contribution in [3.05, 3.63) is 77.2 Å². The summed E-state index contributed by atoms with van der Waals surface area (Å²) in [6.07, 6.45) is 11.7. The van der Waals surface area contributed by atoms with Crippen LogP contribution < -0.4 is 10.9 Å². The molecule has 8 heteroatoms. The van der Waals surface area contributed by atoms with Crippen LogP contribution in [0.3, 0.4) is 0 Å². The van der Waals surface area contributed by atoms with Gasteiger partial charge < -0.3 is 15.2 Å². The number of aromatic nitrogens is 4. The van der Waals surface area contributed by atoms with Gasteiger partial charge in [-0.05, 0) is 73.4 Å². The van der Waals surface area contributed by atoms with E-state index in [-0.39, 0.29) is 5.56 Å². The molecule has 6 rings (SSSR count). The largest absolute Gasteiger partial charge is 0.340 e. The SMILES string of the molecule is CCN1CCN(C2CCC(c3ccc(Nc4nc(-c5cncnc5)cc5cc[nH]c(=O)c45)cc3)CC2)CC1. The van der Waals surface area contributed by atoms with Gasteiger partial charge in [-0.2, -0.15) is 0 Å². The van der Waals surface area contributed by atoms with Gasteiger partial charge in [0.05, 0.1) is 11.1 Å². The van der Waals surface area contributed by atoms with Crippen LogP contribution >= 0.6 is 0 Å². The second-order valence-corrected chi connectivity index (χ2v) is 10.5. The van der Waals surface area contributed by atoms with E-state index < -0.39 is 0 Å². The molecule has 3 aromatic heterocycles. The Labute approximate surface area is 223 Å². The Hall–Kier alpha value is -3.62. The Morgan fingerprint density at radius 2 is 1.71 bits per heavy atom. The van der Waals surface area contributed by atoms with Crippen LogP contribution in [0.1, 0.15) is 44.1 Å². The molecule has 0 atom stereocenters. The Balaban J connectivity index is 1.16. The molecule has 1 saturated heterocycles. The number of hydrogen-bond donors (Lipinski definition) is 2. The first-order valence-electron chi connectivity index (χ1n) is 13.8. The van der Waals surface area contributed by atoms with E-state index in [1.54, 1.807) is 18.6 Å². The Morgan fingerprint density at radius 1 is 0.974 bits per heavy atom. The van der Waals surface area contributed by atoms with Crippen molar-refractivity contribution in [1.82, 2.24) is 29.7 Å². The third-order valence-corrected chi connectivity index (χ3v) is 8.32. The van der Waals surface area contributed by atoms with Gasteiger partial charge in [0.25, 0.3) is 5.56 Å². The number of anilines is 2. The normalized spacial score (nSPS) is 21.0. The maximum atomic E-state index is 12.7. The van der Waals surface area contributed by atoms with E-state index in [4.69, 9.17) is 4.98 Å². The molecular formula is C30H35N7O. The molecule has 2 fully saturated rings. The number of hydrogen-bond acceptors (Lipinski definition) is 7. The Morgan fingerprint density at radius 3 is 2.42 bits per heavy atom. The molecule has 196 valence electrons. The number of piperazine rings is 1. The molecule has 0 amide bonds. The fourth-order valence-electron chi connectivity index (χ4n) is 6.08. The standard InChI is InChI=1S/C30H35N7O/c1-2-36-13-15-37(16-14-36)26-9-5-22(6-10-26)21-3-7-25(8-4-21)34-29-28-23(11-12-33-30(28)38)17-27(35-29)24-18-31-20-32-19-24/h3-4,7-8,11-12,17-20,22,26H,2,5-6,9-10,13-16H2,1H3,(H,33,38)(H,34,35). The van der Waals surface area contributed by atoms with Gasteiger partial charge in [0, 0.05) is 62.1 Å². The molecule has 1 aromatic carbocycles. The number of likely N-dealkylation sites (N-methyl/N-ethyl adjacent to an activating group) is 1. The fourth-order valence-corrected chi connectivity index (χ4v) is 6.08. The van der Waals surface area contributed by atoms with E-state index in [1.807, 2.05) is 12.1 Å². The maximum Gasteiger partial charge on any atom is 0.259 e. The third-order valence-electron chi connectivity index (χ3n) is 8.32. The number of benzene rings is 1. The highest BCUT2D eigenvalue weighted by Gasteiger charge is 2.28. The van der Waals surface area contributed by atoms with Crippen LogP contribution in [0.15, 0.2) is 66.1 Å². The molecule has 0 bridgehead atoms. The molecule has 1 aliphatic heterocycles. The van der Waals surface area contributed by atoms with Crippen LogP contribution in [0.4, 0.5) is 11.5 Å². The molecule has 0 spiro atoms. The lowest BCUT2D eigenvalue weighted by Gasteiger charge is -2.41. The molecule has 4 aromatic rings. The number of H-pyrrole nitrogens is 1. The molecule has 2 aliphatic rings. The number of aromatic amines is 1. The number of rotatable bonds is 6. The van der Waals surface area contributed by atoms with Crippen molar-refractivity contribution < 1.29 is 0 Å². The lowest BCUT2D eigenvalue weighted by molar-refractivity contribution is 0.0787. The highest BCUT2D eigenvalue weighted by atomic mass is 16.1. The summed E-state index contributed by atoms with van der Waals surface area (Å²) in [5.74, 6) is 1.14. The van der Waals surface area contributed by atoms with Crippen molar-refractivity contribution >= 4 is 22.3 Å². The van der Waals surface area contributed by atoms with E-state index in [2.05, 4.69) is 61.3 Å². The minimum Gasteiger partial charge on any atom is -0.340 e. The smallest absolute Gasteiger partial charge is 0.259 e. The van der Waals surface area contributed by atoms with E-state index in [0.717, 1.165) is 28.4 Å². The molecule has 1 saturated carbocycles.